The van der Waals surface area contributed by atoms with Crippen LogP contribution in [-0.2, 0) is 4.74 Å². The van der Waals surface area contributed by atoms with E-state index in [-0.39, 0.29) is 12.1 Å². The predicted octanol–water partition coefficient (Wildman–Crippen LogP) is 3.38. The zero-order valence-corrected chi connectivity index (χ0v) is 20.7. The highest BCUT2D eigenvalue weighted by Gasteiger charge is 2.28. The smallest absolute Gasteiger partial charge is 0.407 e. The number of carboxylic acid groups (broad SMARTS) is 1. The molecule has 192 valence electrons. The van der Waals surface area contributed by atoms with Crippen LogP contribution in [0.25, 0.3) is 28.0 Å². The number of rotatable bonds is 4. The maximum atomic E-state index is 11.5. The minimum atomic E-state index is -0.870. The van der Waals surface area contributed by atoms with Gasteiger partial charge in [0.05, 0.1) is 17.4 Å². The summed E-state index contributed by atoms with van der Waals surface area (Å²) in [5.74, 6) is 0.408. The lowest BCUT2D eigenvalue weighted by Crippen LogP contribution is -2.53. The molecule has 5 heterocycles. The van der Waals surface area contributed by atoms with Crippen LogP contribution in [-0.4, -0.2) is 79.4 Å². The van der Waals surface area contributed by atoms with E-state index in [4.69, 9.17) is 10.5 Å². The maximum absolute atomic E-state index is 11.5. The van der Waals surface area contributed by atoms with Crippen LogP contribution >= 0.6 is 0 Å². The van der Waals surface area contributed by atoms with Gasteiger partial charge < -0.3 is 25.4 Å². The molecule has 11 nitrogen and oxygen atoms in total. The topological polar surface area (TPSA) is 127 Å². The lowest BCUT2D eigenvalue weighted by atomic mass is 10.1. The van der Waals surface area contributed by atoms with Crippen molar-refractivity contribution in [3.63, 3.8) is 0 Å². The van der Waals surface area contributed by atoms with Crippen molar-refractivity contribution >= 4 is 23.1 Å². The van der Waals surface area contributed by atoms with Crippen molar-refractivity contribution in [2.75, 3.05) is 43.5 Å². The molecule has 11 heteroatoms. The number of nitrogen functional groups attached to an aromatic ring is 1. The number of fused-ring (bicyclic) bond motifs is 1. The second kappa shape index (κ2) is 9.40. The second-order valence-electron chi connectivity index (χ2n) is 9.67. The van der Waals surface area contributed by atoms with Crippen LogP contribution in [0.2, 0.25) is 0 Å². The number of hydrogen-bond acceptors (Lipinski definition) is 7. The molecule has 1 amide bonds. The first-order chi connectivity index (χ1) is 18.0. The number of benzene rings is 1. The monoisotopic (exact) mass is 502 g/mol. The van der Waals surface area contributed by atoms with Crippen molar-refractivity contribution in [2.24, 2.45) is 0 Å². The number of hydrogen-bond donors (Lipinski definition) is 2. The van der Waals surface area contributed by atoms with Gasteiger partial charge in [-0.1, -0.05) is 12.1 Å². The Morgan fingerprint density at radius 2 is 1.95 bits per heavy atom. The van der Waals surface area contributed by atoms with E-state index in [1.165, 1.54) is 11.2 Å². The van der Waals surface area contributed by atoms with E-state index < -0.39 is 6.09 Å². The molecule has 6 rings (SSSR count). The first-order valence-electron chi connectivity index (χ1n) is 12.6. The van der Waals surface area contributed by atoms with Gasteiger partial charge >= 0.3 is 6.09 Å². The highest BCUT2D eigenvalue weighted by atomic mass is 16.5. The molecule has 0 saturated carbocycles. The van der Waals surface area contributed by atoms with Gasteiger partial charge in [0.15, 0.2) is 5.82 Å². The number of aromatic nitrogens is 5. The van der Waals surface area contributed by atoms with Crippen molar-refractivity contribution in [1.82, 2.24) is 29.3 Å². The minimum Gasteiger partial charge on any atom is -0.465 e. The van der Waals surface area contributed by atoms with Gasteiger partial charge in [-0.05, 0) is 44.0 Å². The highest BCUT2D eigenvalue weighted by molar-refractivity contribution is 5.91. The number of nitrogens with two attached hydrogens (primary N) is 1. The standard InChI is InChI=1S/C26H30N8O3/c1-17-15-31(9-10-32(17)26(35)36)20-4-2-3-18(13-20)23-14-21(24-25(27)28-16-30-34(23)24)22-5-8-29-33(22)19-6-11-37-12-7-19/h2-5,8,13-14,16-17,19H,6-7,9-12,15H2,1H3,(H,35,36)(H2,27,28,30). The molecule has 4 aromatic rings. The molecule has 1 unspecified atom stereocenters. The number of carbonyl (C=O) groups is 1. The zero-order valence-electron chi connectivity index (χ0n) is 20.7. The summed E-state index contributed by atoms with van der Waals surface area (Å²) in [6.45, 7) is 5.14. The lowest BCUT2D eigenvalue weighted by Gasteiger charge is -2.39. The summed E-state index contributed by atoms with van der Waals surface area (Å²) in [5.41, 5.74) is 12.0. The average molecular weight is 503 g/mol. The molecule has 1 aromatic carbocycles. The van der Waals surface area contributed by atoms with Gasteiger partial charge in [-0.2, -0.15) is 10.2 Å². The molecule has 2 aliphatic heterocycles. The van der Waals surface area contributed by atoms with Crippen LogP contribution in [0.15, 0.2) is 48.9 Å². The third-order valence-electron chi connectivity index (χ3n) is 7.45. The Kier molecular flexibility index (Phi) is 5.91. The Hall–Kier alpha value is -4.12. The van der Waals surface area contributed by atoms with E-state index in [1.54, 1.807) is 0 Å². The number of amides is 1. The van der Waals surface area contributed by atoms with Crippen LogP contribution in [0.3, 0.4) is 0 Å². The Morgan fingerprint density at radius 1 is 1.11 bits per heavy atom. The Labute approximate surface area is 214 Å². The van der Waals surface area contributed by atoms with Gasteiger partial charge in [0, 0.05) is 61.9 Å². The Morgan fingerprint density at radius 3 is 2.73 bits per heavy atom. The number of nitrogens with zero attached hydrogens (tertiary/aromatic N) is 7. The summed E-state index contributed by atoms with van der Waals surface area (Å²) >= 11 is 0. The lowest BCUT2D eigenvalue weighted by molar-refractivity contribution is 0.0667. The number of piperazine rings is 1. The molecule has 0 aliphatic carbocycles. The summed E-state index contributed by atoms with van der Waals surface area (Å²) in [7, 11) is 0. The first kappa shape index (κ1) is 23.3. The van der Waals surface area contributed by atoms with Crippen molar-refractivity contribution in [3.05, 3.63) is 48.9 Å². The van der Waals surface area contributed by atoms with E-state index in [2.05, 4.69) is 49.0 Å². The molecular weight excluding hydrogens is 472 g/mol. The molecule has 2 aliphatic rings. The van der Waals surface area contributed by atoms with E-state index in [9.17, 15) is 9.90 Å². The molecule has 0 spiro atoms. The van der Waals surface area contributed by atoms with Gasteiger partial charge in [-0.15, -0.1) is 0 Å². The summed E-state index contributed by atoms with van der Waals surface area (Å²) in [6.07, 6.45) is 4.25. The molecule has 2 saturated heterocycles. The van der Waals surface area contributed by atoms with Crippen LogP contribution in [0.4, 0.5) is 16.3 Å². The van der Waals surface area contributed by atoms with Crippen LogP contribution < -0.4 is 10.6 Å². The minimum absolute atomic E-state index is 0.0892. The molecule has 3 N–H and O–H groups in total. The molecule has 37 heavy (non-hydrogen) atoms. The van der Waals surface area contributed by atoms with Crippen molar-refractivity contribution < 1.29 is 14.6 Å². The number of anilines is 2. The normalized spacial score (nSPS) is 19.0. The van der Waals surface area contributed by atoms with Crippen molar-refractivity contribution in [1.29, 1.82) is 0 Å². The largest absolute Gasteiger partial charge is 0.465 e. The molecule has 3 aromatic heterocycles. The quantitative estimate of drug-likeness (QED) is 0.435. The van der Waals surface area contributed by atoms with Crippen LogP contribution in [0.1, 0.15) is 25.8 Å². The molecule has 2 fully saturated rings. The van der Waals surface area contributed by atoms with E-state index in [0.717, 1.165) is 59.8 Å². The summed E-state index contributed by atoms with van der Waals surface area (Å²) < 4.78 is 9.49. The van der Waals surface area contributed by atoms with Crippen molar-refractivity contribution in [2.45, 2.75) is 31.8 Å². The van der Waals surface area contributed by atoms with E-state index in [0.29, 0.717) is 25.5 Å². The fourth-order valence-corrected chi connectivity index (χ4v) is 5.56. The fourth-order valence-electron chi connectivity index (χ4n) is 5.56. The van der Waals surface area contributed by atoms with Gasteiger partial charge in [-0.3, -0.25) is 4.68 Å². The van der Waals surface area contributed by atoms with Crippen molar-refractivity contribution in [3.8, 4) is 22.5 Å². The molecule has 0 bridgehead atoms. The molecule has 1 atom stereocenters. The van der Waals surface area contributed by atoms with Gasteiger partial charge in [0.1, 0.15) is 11.8 Å². The Balaban J connectivity index is 1.40. The van der Waals surface area contributed by atoms with Gasteiger partial charge in [-0.25, -0.2) is 14.3 Å². The zero-order chi connectivity index (χ0) is 25.5. The molecular formula is C26H30N8O3. The SMILES string of the molecule is CC1CN(c2cccc(-c3cc(-c4ccnn4C4CCOCC4)c4c(N)ncnn34)c2)CCN1C(=O)O. The summed E-state index contributed by atoms with van der Waals surface area (Å²) in [5, 5.41) is 18.7. The third kappa shape index (κ3) is 4.14. The summed E-state index contributed by atoms with van der Waals surface area (Å²) in [4.78, 5) is 19.5. The number of ether oxygens (including phenoxy) is 1. The fraction of sp³-hybridized carbons (Fsp3) is 0.385. The van der Waals surface area contributed by atoms with Crippen LogP contribution in [0.5, 0.6) is 0 Å². The third-order valence-corrected chi connectivity index (χ3v) is 7.45. The second-order valence-corrected chi connectivity index (χ2v) is 9.67. The average Bonchev–Trinajstić information content (AvgIpc) is 3.55. The summed E-state index contributed by atoms with van der Waals surface area (Å²) in [6, 6.07) is 12.6. The molecule has 0 radical (unpaired) electrons. The van der Waals surface area contributed by atoms with Gasteiger partial charge in [0.2, 0.25) is 0 Å². The Bertz CT molecular complexity index is 1440. The van der Waals surface area contributed by atoms with E-state index >= 15 is 0 Å². The van der Waals surface area contributed by atoms with E-state index in [1.807, 2.05) is 29.8 Å². The first-order valence-corrected chi connectivity index (χ1v) is 12.6. The predicted molar refractivity (Wildman–Crippen MR) is 140 cm³/mol. The highest BCUT2D eigenvalue weighted by Crippen LogP contribution is 2.37. The van der Waals surface area contributed by atoms with Gasteiger partial charge in [0.25, 0.3) is 0 Å². The van der Waals surface area contributed by atoms with Crippen LogP contribution in [0, 0.1) is 0 Å². The maximum Gasteiger partial charge on any atom is 0.407 e.